The van der Waals surface area contributed by atoms with E-state index in [0.29, 0.717) is 12.1 Å². The van der Waals surface area contributed by atoms with Gasteiger partial charge >= 0.3 is 6.18 Å². The molecule has 0 spiro atoms. The number of halogens is 3. The molecule has 1 aliphatic rings. The quantitative estimate of drug-likeness (QED) is 0.205. The molecule has 2 amide bonds. The van der Waals surface area contributed by atoms with Crippen molar-refractivity contribution in [3.8, 4) is 0 Å². The number of benzene rings is 1. The lowest BCUT2D eigenvalue weighted by atomic mass is 9.78. The maximum absolute atomic E-state index is 12.9. The molecule has 1 aromatic rings. The number of hydrogen-bond acceptors (Lipinski definition) is 9. The van der Waals surface area contributed by atoms with Crippen LogP contribution < -0.4 is 20.9 Å². The van der Waals surface area contributed by atoms with Crippen LogP contribution in [0, 0.1) is 0 Å². The van der Waals surface area contributed by atoms with Crippen molar-refractivity contribution in [2.24, 2.45) is 5.73 Å². The van der Waals surface area contributed by atoms with E-state index in [9.17, 15) is 56.4 Å². The number of carboxylic acids is 1. The maximum Gasteiger partial charge on any atom is 0.416 e. The van der Waals surface area contributed by atoms with E-state index in [0.717, 1.165) is 12.1 Å². The van der Waals surface area contributed by atoms with E-state index >= 15 is 0 Å². The van der Waals surface area contributed by atoms with Crippen molar-refractivity contribution in [1.29, 1.82) is 0 Å². The fourth-order valence-corrected chi connectivity index (χ4v) is 4.69. The minimum atomic E-state index is -4.85. The van der Waals surface area contributed by atoms with Crippen LogP contribution in [0.2, 0.25) is 0 Å². The Hall–Kier alpha value is -2.79. The largest absolute Gasteiger partial charge is 0.550 e. The Kier molecular flexibility index (Phi) is 7.94. The van der Waals surface area contributed by atoms with Gasteiger partial charge in [-0.15, -0.1) is 0 Å². The van der Waals surface area contributed by atoms with Crippen molar-refractivity contribution < 1.29 is 56.4 Å². The lowest BCUT2D eigenvalue weighted by Gasteiger charge is -2.41. The Labute approximate surface area is 190 Å². The van der Waals surface area contributed by atoms with Gasteiger partial charge in [-0.3, -0.25) is 9.59 Å². The summed E-state index contributed by atoms with van der Waals surface area (Å²) in [5.74, 6) is -4.46. The van der Waals surface area contributed by atoms with Crippen LogP contribution in [0.1, 0.15) is 24.8 Å². The van der Waals surface area contributed by atoms with Gasteiger partial charge in [-0.2, -0.15) is 13.2 Å². The van der Waals surface area contributed by atoms with Gasteiger partial charge in [0.1, 0.15) is 11.6 Å². The molecule has 0 radical (unpaired) electrons. The highest BCUT2D eigenvalue weighted by Crippen LogP contribution is 2.32. The molecule has 1 aliphatic carbocycles. The number of nitrogens with two attached hydrogens (primary N) is 1. The van der Waals surface area contributed by atoms with Gasteiger partial charge in [0, 0.05) is 25.2 Å². The standard InChI is InChI=1S/C18H22F3N3O9S/c19-18(20,21)8-2-1-3-9(4-8)34(32,33)24-11-6-17(31,7-12(25)14(11)28)16(30)23-10(15(22)29)5-13(26)27/h1-4,10-12,14,24-25,28,31H,5-7H2,(H2,22,29)(H,23,30)(H,26,27)/p-1/t10-,11+,12-,14-,17+/m1/s1. The van der Waals surface area contributed by atoms with Crippen LogP contribution in [0.5, 0.6) is 0 Å². The topological polar surface area (TPSA) is 219 Å². The number of carboxylic acid groups (broad SMARTS) is 1. The lowest BCUT2D eigenvalue weighted by molar-refractivity contribution is -0.306. The Bertz CT molecular complexity index is 1070. The molecule has 0 saturated heterocycles. The summed E-state index contributed by atoms with van der Waals surface area (Å²) < 4.78 is 65.8. The monoisotopic (exact) mass is 512 g/mol. The fraction of sp³-hybridized carbons (Fsp3) is 0.500. The SMILES string of the molecule is NC(=O)[C@@H](CC(=O)[O-])NC(=O)[C@@]1(O)C[C@@H](O)[C@H](O)[C@@H](NS(=O)(=O)c2cccc(C(F)(F)F)c2)C1. The summed E-state index contributed by atoms with van der Waals surface area (Å²) in [5, 5.41) is 43.5. The molecule has 1 saturated carbocycles. The van der Waals surface area contributed by atoms with E-state index in [2.05, 4.69) is 0 Å². The smallest absolute Gasteiger partial charge is 0.416 e. The van der Waals surface area contributed by atoms with E-state index < -0.39 is 93.6 Å². The van der Waals surface area contributed by atoms with E-state index in [4.69, 9.17) is 5.73 Å². The van der Waals surface area contributed by atoms with Crippen molar-refractivity contribution in [2.75, 3.05) is 0 Å². The number of aliphatic hydroxyl groups excluding tert-OH is 2. The number of alkyl halides is 3. The van der Waals surface area contributed by atoms with Gasteiger partial charge in [0.25, 0.3) is 5.91 Å². The van der Waals surface area contributed by atoms with Crippen LogP contribution in [-0.2, 0) is 30.6 Å². The number of carbonyl (C=O) groups is 3. The molecule has 0 bridgehead atoms. The Morgan fingerprint density at radius 3 is 2.38 bits per heavy atom. The summed E-state index contributed by atoms with van der Waals surface area (Å²) in [6.45, 7) is 0. The number of aliphatic hydroxyl groups is 3. The van der Waals surface area contributed by atoms with Gasteiger partial charge in [-0.1, -0.05) is 6.07 Å². The van der Waals surface area contributed by atoms with Crippen LogP contribution in [0.3, 0.4) is 0 Å². The second-order valence-corrected chi connectivity index (χ2v) is 9.47. The van der Waals surface area contributed by atoms with E-state index in [1.165, 1.54) is 0 Å². The van der Waals surface area contributed by atoms with Gasteiger partial charge < -0.3 is 36.3 Å². The van der Waals surface area contributed by atoms with Crippen LogP contribution in [0.4, 0.5) is 13.2 Å². The first-order chi connectivity index (χ1) is 15.5. The molecule has 2 rings (SSSR count). The van der Waals surface area contributed by atoms with Gasteiger partial charge in [0.05, 0.1) is 28.7 Å². The predicted molar refractivity (Wildman–Crippen MR) is 103 cm³/mol. The number of nitrogens with one attached hydrogen (secondary N) is 2. The number of aliphatic carboxylic acids is 1. The third-order valence-electron chi connectivity index (χ3n) is 5.13. The summed E-state index contributed by atoms with van der Waals surface area (Å²) >= 11 is 0. The Morgan fingerprint density at radius 2 is 1.85 bits per heavy atom. The summed E-state index contributed by atoms with van der Waals surface area (Å²) in [7, 11) is -4.75. The first-order valence-corrected chi connectivity index (χ1v) is 11.0. The van der Waals surface area contributed by atoms with E-state index in [1.807, 2.05) is 10.0 Å². The summed E-state index contributed by atoms with van der Waals surface area (Å²) in [6, 6.07) is -0.973. The minimum absolute atomic E-state index is 0.324. The van der Waals surface area contributed by atoms with E-state index in [1.54, 1.807) is 0 Å². The van der Waals surface area contributed by atoms with Crippen molar-refractivity contribution in [1.82, 2.24) is 10.0 Å². The molecule has 1 aromatic carbocycles. The number of carbonyl (C=O) groups excluding carboxylic acids is 3. The van der Waals surface area contributed by atoms with Crippen molar-refractivity contribution >= 4 is 27.8 Å². The molecule has 16 heteroatoms. The van der Waals surface area contributed by atoms with Crippen LogP contribution in [-0.4, -0.2) is 71.4 Å². The number of primary amides is 1. The highest BCUT2D eigenvalue weighted by Gasteiger charge is 2.50. The van der Waals surface area contributed by atoms with Gasteiger partial charge in [-0.25, -0.2) is 13.1 Å². The van der Waals surface area contributed by atoms with Crippen LogP contribution in [0.15, 0.2) is 29.2 Å². The number of hydrogen-bond donors (Lipinski definition) is 6. The summed E-state index contributed by atoms with van der Waals surface area (Å²) in [4.78, 5) is 33.8. The molecule has 0 heterocycles. The zero-order valence-corrected chi connectivity index (χ0v) is 18.0. The predicted octanol–water partition coefficient (Wildman–Crippen LogP) is -3.29. The Morgan fingerprint density at radius 1 is 1.24 bits per heavy atom. The molecule has 7 N–H and O–H groups in total. The molecule has 1 fully saturated rings. The molecular weight excluding hydrogens is 491 g/mol. The highest BCUT2D eigenvalue weighted by atomic mass is 32.2. The van der Waals surface area contributed by atoms with Gasteiger partial charge in [0.15, 0.2) is 0 Å². The second kappa shape index (κ2) is 9.83. The average molecular weight is 512 g/mol. The second-order valence-electron chi connectivity index (χ2n) is 7.76. The zero-order chi connectivity index (χ0) is 26.1. The molecule has 0 unspecified atom stereocenters. The summed E-state index contributed by atoms with van der Waals surface area (Å²) in [6.07, 6.45) is -11.4. The summed E-state index contributed by atoms with van der Waals surface area (Å²) in [5.41, 5.74) is 1.08. The number of sulfonamides is 1. The van der Waals surface area contributed by atoms with Gasteiger partial charge in [-0.05, 0) is 18.2 Å². The molecule has 190 valence electrons. The fourth-order valence-electron chi connectivity index (χ4n) is 3.39. The third-order valence-corrected chi connectivity index (χ3v) is 6.62. The molecular formula is C18H21F3N3O9S-. The highest BCUT2D eigenvalue weighted by molar-refractivity contribution is 7.89. The van der Waals surface area contributed by atoms with E-state index in [-0.39, 0.29) is 0 Å². The molecule has 12 nitrogen and oxygen atoms in total. The van der Waals surface area contributed by atoms with Crippen LogP contribution in [0.25, 0.3) is 0 Å². The normalized spacial score (nSPS) is 26.5. The average Bonchev–Trinajstić information content (AvgIpc) is 2.70. The third kappa shape index (κ3) is 6.41. The first-order valence-electron chi connectivity index (χ1n) is 9.54. The minimum Gasteiger partial charge on any atom is -0.550 e. The molecule has 0 aromatic heterocycles. The van der Waals surface area contributed by atoms with Gasteiger partial charge in [0.2, 0.25) is 15.9 Å². The first kappa shape index (κ1) is 27.5. The molecule has 0 aliphatic heterocycles. The zero-order valence-electron chi connectivity index (χ0n) is 17.2. The molecule has 34 heavy (non-hydrogen) atoms. The molecule has 5 atom stereocenters. The maximum atomic E-state index is 12.9. The number of amides is 2. The van der Waals surface area contributed by atoms with Crippen molar-refractivity contribution in [2.45, 2.75) is 60.2 Å². The van der Waals surface area contributed by atoms with Crippen molar-refractivity contribution in [3.63, 3.8) is 0 Å². The van der Waals surface area contributed by atoms with Crippen LogP contribution >= 0.6 is 0 Å². The Balaban J connectivity index is 2.28. The van der Waals surface area contributed by atoms with Crippen molar-refractivity contribution in [3.05, 3.63) is 29.8 Å². The number of rotatable bonds is 8. The lowest BCUT2D eigenvalue weighted by Crippen LogP contribution is -2.64.